The van der Waals surface area contributed by atoms with Crippen molar-refractivity contribution >= 4 is 39.7 Å². The fraction of sp³-hybridized carbons (Fsp3) is 0.957. The van der Waals surface area contributed by atoms with Gasteiger partial charge in [0.15, 0.2) is 0 Å². The smallest absolute Gasteiger partial charge is 0.139 e. The molecule has 0 aromatic rings. The molecule has 28 heavy (non-hydrogen) atoms. The monoisotopic (exact) mass is 528 g/mol. The van der Waals surface area contributed by atoms with Crippen LogP contribution in [0.3, 0.4) is 0 Å². The van der Waals surface area contributed by atoms with Gasteiger partial charge in [0.05, 0.1) is 0 Å². The summed E-state index contributed by atoms with van der Waals surface area (Å²) in [6, 6.07) is 0. The number of carbonyl (C=O) groups excluding carboxylic acids is 1. The van der Waals surface area contributed by atoms with Crippen LogP contribution in [0, 0.1) is 5.92 Å². The van der Waals surface area contributed by atoms with Crippen molar-refractivity contribution in [3.05, 3.63) is 0 Å². The highest BCUT2D eigenvalue weighted by atomic mass is 79.9. The summed E-state index contributed by atoms with van der Waals surface area (Å²) >= 11 is 0. The number of hydrogen-bond acceptors (Lipinski definition) is 3. The zero-order chi connectivity index (χ0) is 19.7. The second kappa shape index (κ2) is 22.2. The first-order chi connectivity index (χ1) is 12.4. The third-order valence-electron chi connectivity index (χ3n) is 5.52. The van der Waals surface area contributed by atoms with E-state index in [2.05, 4.69) is 6.92 Å². The van der Waals surface area contributed by atoms with E-state index in [1.54, 1.807) is 0 Å². The zero-order valence-corrected chi connectivity index (χ0v) is 22.4. The molecule has 0 heterocycles. The van der Waals surface area contributed by atoms with Crippen LogP contribution >= 0.6 is 34.0 Å². The minimum Gasteiger partial charge on any atom is -0.330 e. The second-order valence-electron chi connectivity index (χ2n) is 8.76. The van der Waals surface area contributed by atoms with Crippen molar-refractivity contribution in [3.8, 4) is 0 Å². The van der Waals surface area contributed by atoms with Crippen LogP contribution in [0.1, 0.15) is 124 Å². The highest BCUT2D eigenvalue weighted by Gasteiger charge is 2.30. The Kier molecular flexibility index (Phi) is 26.4. The average molecular weight is 530 g/mol. The molecule has 0 aliphatic heterocycles. The molecule has 0 aromatic heterocycles. The Morgan fingerprint density at radius 3 is 1.43 bits per heavy atom. The van der Waals surface area contributed by atoms with Crippen molar-refractivity contribution in [2.45, 2.75) is 129 Å². The Morgan fingerprint density at radius 2 is 1.11 bits per heavy atom. The summed E-state index contributed by atoms with van der Waals surface area (Å²) < 4.78 is 0. The van der Waals surface area contributed by atoms with Gasteiger partial charge in [-0.1, -0.05) is 96.8 Å². The highest BCUT2D eigenvalue weighted by molar-refractivity contribution is 8.93. The topological polar surface area (TPSA) is 69.1 Å². The Bertz CT molecular complexity index is 333. The molecule has 0 aromatic carbocycles. The molecule has 1 unspecified atom stereocenters. The number of nitrogens with two attached hydrogens (primary N) is 2. The first kappa shape index (κ1) is 33.2. The highest BCUT2D eigenvalue weighted by Crippen LogP contribution is 2.23. The van der Waals surface area contributed by atoms with Crippen LogP contribution in [0.25, 0.3) is 0 Å². The van der Waals surface area contributed by atoms with Gasteiger partial charge in [-0.2, -0.15) is 0 Å². The molecule has 4 N–H and O–H groups in total. The predicted octanol–water partition coefficient (Wildman–Crippen LogP) is 7.29. The maximum Gasteiger partial charge on any atom is 0.139 e. The van der Waals surface area contributed by atoms with Gasteiger partial charge >= 0.3 is 0 Å². The van der Waals surface area contributed by atoms with Crippen LogP contribution in [-0.2, 0) is 4.79 Å². The lowest BCUT2D eigenvalue weighted by molar-refractivity contribution is -0.124. The van der Waals surface area contributed by atoms with Gasteiger partial charge in [0, 0.05) is 17.9 Å². The maximum absolute atomic E-state index is 12.2. The van der Waals surface area contributed by atoms with Gasteiger partial charge in [0.2, 0.25) is 0 Å². The van der Waals surface area contributed by atoms with Gasteiger partial charge in [0.25, 0.3) is 0 Å². The van der Waals surface area contributed by atoms with Gasteiger partial charge in [0.1, 0.15) is 5.78 Å². The number of ketones is 1. The number of rotatable bonds is 19. The molecule has 0 amide bonds. The molecular weight excluding hydrogens is 480 g/mol. The lowest BCUT2D eigenvalue weighted by atomic mass is 9.80. The zero-order valence-electron chi connectivity index (χ0n) is 19.0. The number of unbranched alkanes of at least 4 members (excludes halogenated alkanes) is 13. The van der Waals surface area contributed by atoms with Crippen LogP contribution in [0.2, 0.25) is 0 Å². The fourth-order valence-corrected chi connectivity index (χ4v) is 3.81. The number of carbonyl (C=O) groups is 1. The van der Waals surface area contributed by atoms with Crippen LogP contribution < -0.4 is 11.5 Å². The molecule has 3 nitrogen and oxygen atoms in total. The normalized spacial score (nSPS) is 12.2. The summed E-state index contributed by atoms with van der Waals surface area (Å²) in [5, 5.41) is 0. The third kappa shape index (κ3) is 19.8. The Morgan fingerprint density at radius 1 is 0.750 bits per heavy atom. The molecule has 0 rings (SSSR count). The molecule has 0 aliphatic carbocycles. The quantitative estimate of drug-likeness (QED) is 0.172. The van der Waals surface area contributed by atoms with E-state index in [1.807, 2.05) is 13.8 Å². The first-order valence-electron chi connectivity index (χ1n) is 11.4. The van der Waals surface area contributed by atoms with Crippen molar-refractivity contribution < 1.29 is 4.79 Å². The van der Waals surface area contributed by atoms with E-state index in [1.165, 1.54) is 83.5 Å². The lowest BCUT2D eigenvalue weighted by Gasteiger charge is -2.29. The predicted molar refractivity (Wildman–Crippen MR) is 136 cm³/mol. The van der Waals surface area contributed by atoms with E-state index >= 15 is 0 Å². The van der Waals surface area contributed by atoms with Gasteiger partial charge in [-0.3, -0.25) is 4.79 Å². The van der Waals surface area contributed by atoms with Gasteiger partial charge < -0.3 is 11.5 Å². The fourth-order valence-electron chi connectivity index (χ4n) is 3.81. The van der Waals surface area contributed by atoms with Gasteiger partial charge in [-0.05, 0) is 26.8 Å². The van der Waals surface area contributed by atoms with Crippen molar-refractivity contribution in [2.24, 2.45) is 17.4 Å². The van der Waals surface area contributed by atoms with Crippen LogP contribution in [0.5, 0.6) is 0 Å². The van der Waals surface area contributed by atoms with Crippen molar-refractivity contribution in [1.82, 2.24) is 0 Å². The Hall–Kier alpha value is 0.550. The summed E-state index contributed by atoms with van der Waals surface area (Å²) in [6.45, 7) is 6.65. The third-order valence-corrected chi connectivity index (χ3v) is 5.52. The summed E-state index contributed by atoms with van der Waals surface area (Å²) in [4.78, 5) is 12.2. The first-order valence-corrected chi connectivity index (χ1v) is 11.4. The molecular formula is C23H50Br2N2O. The molecule has 0 aliphatic rings. The molecule has 5 heteroatoms. The molecule has 172 valence electrons. The van der Waals surface area contributed by atoms with E-state index in [0.717, 1.165) is 12.8 Å². The van der Waals surface area contributed by atoms with E-state index in [0.29, 0.717) is 13.0 Å². The minimum absolute atomic E-state index is 0. The summed E-state index contributed by atoms with van der Waals surface area (Å²) in [6.07, 6.45) is 20.4. The average Bonchev–Trinajstić information content (AvgIpc) is 2.57. The lowest BCUT2D eigenvalue weighted by Crippen LogP contribution is -2.45. The second-order valence-corrected chi connectivity index (χ2v) is 8.76. The van der Waals surface area contributed by atoms with Crippen LogP contribution in [-0.4, -0.2) is 17.9 Å². The minimum atomic E-state index is -0.428. The van der Waals surface area contributed by atoms with Crippen LogP contribution in [0.15, 0.2) is 0 Å². The van der Waals surface area contributed by atoms with E-state index in [9.17, 15) is 4.79 Å². The van der Waals surface area contributed by atoms with Crippen molar-refractivity contribution in [3.63, 3.8) is 0 Å². The van der Waals surface area contributed by atoms with Crippen LogP contribution in [0.4, 0.5) is 0 Å². The molecule has 0 bridgehead atoms. The molecule has 0 spiro atoms. The molecule has 0 saturated carbocycles. The largest absolute Gasteiger partial charge is 0.330 e. The van der Waals surface area contributed by atoms with Crippen molar-refractivity contribution in [1.29, 1.82) is 0 Å². The molecule has 0 saturated heterocycles. The summed E-state index contributed by atoms with van der Waals surface area (Å²) in [5.41, 5.74) is 11.3. The molecule has 0 radical (unpaired) electrons. The van der Waals surface area contributed by atoms with E-state index < -0.39 is 5.54 Å². The SMILES string of the molecule is Br.Br.CCCCCCCCCCCCCCCCC(C(=O)CCN)C(C)(C)N. The summed E-state index contributed by atoms with van der Waals surface area (Å²) in [7, 11) is 0. The molecule has 1 atom stereocenters. The standard InChI is InChI=1S/C23H48N2O.2BrH/c1-4-5-6-7-8-9-10-11-12-13-14-15-16-17-18-21(23(2,3)25)22(26)19-20-24;;/h21H,4-20,24-25H2,1-3H3;2*1H. The number of Topliss-reactive ketones (excluding diaryl/α,β-unsaturated/α-hetero) is 1. The Balaban J connectivity index is -0.00000312. The van der Waals surface area contributed by atoms with E-state index in [4.69, 9.17) is 11.5 Å². The maximum atomic E-state index is 12.2. The van der Waals surface area contributed by atoms with Gasteiger partial charge in [-0.15, -0.1) is 34.0 Å². The van der Waals surface area contributed by atoms with Crippen molar-refractivity contribution in [2.75, 3.05) is 6.54 Å². The van der Waals surface area contributed by atoms with E-state index in [-0.39, 0.29) is 45.7 Å². The number of halogens is 2. The number of hydrogen-bond donors (Lipinski definition) is 2. The molecule has 0 fully saturated rings. The van der Waals surface area contributed by atoms with Gasteiger partial charge in [-0.25, -0.2) is 0 Å². The summed E-state index contributed by atoms with van der Waals surface area (Å²) in [5.74, 6) is 0.207. The Labute approximate surface area is 197 Å².